The largest absolute Gasteiger partial charge is 0.480 e. The highest BCUT2D eigenvalue weighted by atomic mass is 35.5. The third-order valence-corrected chi connectivity index (χ3v) is 13.1. The molecule has 7 aromatic rings. The first-order valence-electron chi connectivity index (χ1n) is 28.0. The number of primary amides is 2. The molecule has 2 aromatic heterocycles. The van der Waals surface area contributed by atoms with Crippen molar-refractivity contribution < 1.29 is 56.6 Å². The summed E-state index contributed by atoms with van der Waals surface area (Å²) in [7, 11) is 0. The van der Waals surface area contributed by atoms with Gasteiger partial charge in [-0.15, -0.1) is 0 Å². The number of aryl methyl sites for hydroxylation is 2. The molecule has 7 rings (SSSR count). The van der Waals surface area contributed by atoms with Gasteiger partial charge in [0.1, 0.15) is 48.4 Å². The van der Waals surface area contributed by atoms with Crippen LogP contribution < -0.4 is 27.8 Å². The fourth-order valence-electron chi connectivity index (χ4n) is 7.93. The molecule has 0 saturated carbocycles. The summed E-state index contributed by atoms with van der Waals surface area (Å²) in [5.41, 5.74) is 18.0. The maximum Gasteiger partial charge on any atom is 0.325 e. The number of hydrogen-bond acceptors (Lipinski definition) is 12. The van der Waals surface area contributed by atoms with Gasteiger partial charge in [-0.25, -0.2) is 13.2 Å². The Hall–Kier alpha value is -8.02. The van der Waals surface area contributed by atoms with Crippen molar-refractivity contribution in [3.05, 3.63) is 164 Å². The molecule has 0 saturated heterocycles. The molecule has 0 fully saturated rings. The number of carbonyl (C=O) groups is 8. The number of nitrogens with one attached hydrogen (secondary N) is 2. The van der Waals surface area contributed by atoms with Crippen molar-refractivity contribution >= 4 is 104 Å². The van der Waals surface area contributed by atoms with Crippen LogP contribution in [0.5, 0.6) is 0 Å². The van der Waals surface area contributed by atoms with E-state index in [-0.39, 0.29) is 105 Å². The molecule has 0 bridgehead atoms. The Kier molecular flexibility index (Phi) is 29.8. The third kappa shape index (κ3) is 26.3. The van der Waals surface area contributed by atoms with Crippen molar-refractivity contribution in [3.8, 4) is 0 Å². The summed E-state index contributed by atoms with van der Waals surface area (Å²) in [6.45, 7) is 18.4. The summed E-state index contributed by atoms with van der Waals surface area (Å²) in [4.78, 5) is 93.2. The standard InChI is InChI=1S/C24H27ClFN5O3.C15H21ClFNO.C10H11ClFNO.C10H9N3O3.C5H10O/c1-24(2,3)14-30(12-19(32)28-11-15-7-6-9-17(25)21(15)26)20(33)13-31-18-10-5-4-8-16(18)22(29-31)23(27)34;1-15(2,3)10-18-9-12(19)8-7-11-5-4-6-13(16)14(11)17;11-9-3-1-2-7(10(9)12)4-5-8(14)6-13;11-10(16)9-6-3-1-2-4-7(6)13(12-9)5-8(14)15;1-5(2,3)4-6/h4-10H,11-14H2,1-3H3,(H2,27,34)(H,28,32);4-6,18H,7-10H2,1-3H3;1-3H,4-6,13H2;1-4H,5H2,(H2,11,16)(H,14,15);4H,1-3H3. The van der Waals surface area contributed by atoms with Crippen LogP contribution in [-0.4, -0.2) is 110 Å². The number of aldehydes is 1. The lowest BCUT2D eigenvalue weighted by atomic mass is 9.96. The highest BCUT2D eigenvalue weighted by molar-refractivity contribution is 6.31. The Morgan fingerprint density at radius 2 is 1.02 bits per heavy atom. The number of aromatic nitrogens is 4. The number of Topliss-reactive ketones (excluding diaryl/α,β-unsaturated/α-hetero) is 2. The molecule has 89 heavy (non-hydrogen) atoms. The van der Waals surface area contributed by atoms with Crippen LogP contribution >= 0.6 is 34.8 Å². The molecule has 0 atom stereocenters. The maximum atomic E-state index is 14.1. The summed E-state index contributed by atoms with van der Waals surface area (Å²) in [6.07, 6.45) is 2.26. The van der Waals surface area contributed by atoms with Crippen LogP contribution in [0.4, 0.5) is 13.2 Å². The molecule has 2 heterocycles. The number of carbonyl (C=O) groups excluding carboxylic acids is 7. The average molecular weight is 1290 g/mol. The number of halogens is 6. The lowest BCUT2D eigenvalue weighted by Crippen LogP contribution is -2.45. The number of carboxylic acid groups (broad SMARTS) is 1. The van der Waals surface area contributed by atoms with Crippen molar-refractivity contribution in [2.75, 3.05) is 32.7 Å². The molecule has 25 heteroatoms. The van der Waals surface area contributed by atoms with Gasteiger partial charge in [-0.05, 0) is 65.1 Å². The van der Waals surface area contributed by atoms with Crippen LogP contribution in [0.15, 0.2) is 103 Å². The van der Waals surface area contributed by atoms with E-state index in [1.165, 1.54) is 38.5 Å². The fourth-order valence-corrected chi connectivity index (χ4v) is 8.51. The Morgan fingerprint density at radius 3 is 1.43 bits per heavy atom. The second-order valence-electron chi connectivity index (χ2n) is 23.8. The molecule has 480 valence electrons. The zero-order valence-electron chi connectivity index (χ0n) is 51.3. The van der Waals surface area contributed by atoms with Gasteiger partial charge in [-0.3, -0.25) is 42.9 Å². The monoisotopic (exact) mass is 1290 g/mol. The first-order valence-corrected chi connectivity index (χ1v) is 29.2. The topological polar surface area (TPSA) is 298 Å². The normalized spacial score (nSPS) is 11.1. The number of hydrogen-bond donors (Lipinski definition) is 6. The summed E-state index contributed by atoms with van der Waals surface area (Å²) < 4.78 is 43.6. The zero-order chi connectivity index (χ0) is 67.0. The van der Waals surface area contributed by atoms with Crippen LogP contribution in [0.2, 0.25) is 15.1 Å². The molecule has 0 aliphatic rings. The second kappa shape index (κ2) is 35.2. The van der Waals surface area contributed by atoms with E-state index in [0.29, 0.717) is 65.3 Å². The predicted octanol–water partition coefficient (Wildman–Crippen LogP) is 10.1. The van der Waals surface area contributed by atoms with Gasteiger partial charge < -0.3 is 42.6 Å². The van der Waals surface area contributed by atoms with Crippen molar-refractivity contribution in [3.63, 3.8) is 0 Å². The summed E-state index contributed by atoms with van der Waals surface area (Å²) >= 11 is 17.1. The van der Waals surface area contributed by atoms with Crippen LogP contribution in [-0.2, 0) is 61.2 Å². The number of benzene rings is 5. The lowest BCUT2D eigenvalue weighted by molar-refractivity contribution is -0.138. The van der Waals surface area contributed by atoms with Gasteiger partial charge in [0.15, 0.2) is 11.4 Å². The molecule has 0 aliphatic heterocycles. The van der Waals surface area contributed by atoms with E-state index >= 15 is 0 Å². The van der Waals surface area contributed by atoms with Gasteiger partial charge >= 0.3 is 5.97 Å². The van der Waals surface area contributed by atoms with Crippen molar-refractivity contribution in [1.82, 2.24) is 35.1 Å². The minimum atomic E-state index is -1.02. The molecule has 0 radical (unpaired) electrons. The van der Waals surface area contributed by atoms with E-state index in [4.69, 9.17) is 57.1 Å². The molecular weight excluding hydrogens is 1220 g/mol. The Morgan fingerprint density at radius 1 is 0.607 bits per heavy atom. The van der Waals surface area contributed by atoms with Gasteiger partial charge in [0.25, 0.3) is 11.8 Å². The quantitative estimate of drug-likeness (QED) is 0.0365. The molecular formula is C64H78Cl3F3N10O9. The van der Waals surface area contributed by atoms with Crippen LogP contribution in [0, 0.1) is 33.7 Å². The summed E-state index contributed by atoms with van der Waals surface area (Å²) in [6, 6.07) is 28.0. The molecule has 4 amide bonds. The first kappa shape index (κ1) is 75.2. The molecule has 19 nitrogen and oxygen atoms in total. The SMILES string of the molecule is CC(C)(C)C=O.CC(C)(C)CN(CC(=O)NCc1cccc(Cl)c1F)C(=O)Cn1nc(C(N)=O)c2ccccc21.CC(C)(C)CNCC(=O)CCc1cccc(Cl)c1F.NC(=O)c1nn(CC(=O)O)c2ccccc12.NCC(=O)CCc1cccc(Cl)c1F. The number of nitrogens with two attached hydrogens (primary N) is 3. The number of aliphatic carboxylic acids is 1. The van der Waals surface area contributed by atoms with Gasteiger partial charge in [0.2, 0.25) is 11.8 Å². The number of fused-ring (bicyclic) bond motifs is 2. The van der Waals surface area contributed by atoms with E-state index in [2.05, 4.69) is 41.6 Å². The third-order valence-electron chi connectivity index (χ3n) is 12.2. The highest BCUT2D eigenvalue weighted by Crippen LogP contribution is 2.24. The van der Waals surface area contributed by atoms with Crippen LogP contribution in [0.25, 0.3) is 21.8 Å². The smallest absolute Gasteiger partial charge is 0.325 e. The van der Waals surface area contributed by atoms with Gasteiger partial charge in [0.05, 0.1) is 45.7 Å². The lowest BCUT2D eigenvalue weighted by Gasteiger charge is -2.29. The first-order chi connectivity index (χ1) is 41.6. The minimum Gasteiger partial charge on any atom is -0.480 e. The van der Waals surface area contributed by atoms with E-state index in [9.17, 15) is 51.5 Å². The number of rotatable bonds is 21. The van der Waals surface area contributed by atoms with Crippen molar-refractivity contribution in [1.29, 1.82) is 0 Å². The molecule has 0 aliphatic carbocycles. The predicted molar refractivity (Wildman–Crippen MR) is 340 cm³/mol. The number of amides is 4. The van der Waals surface area contributed by atoms with Gasteiger partial charge in [-0.1, -0.05) is 170 Å². The van der Waals surface area contributed by atoms with E-state index in [1.54, 1.807) is 78.9 Å². The molecule has 9 N–H and O–H groups in total. The molecule has 0 spiro atoms. The van der Waals surface area contributed by atoms with Gasteiger partial charge in [0, 0.05) is 54.2 Å². The summed E-state index contributed by atoms with van der Waals surface area (Å²) in [5, 5.41) is 23.8. The minimum absolute atomic E-state index is 0.00217. The van der Waals surface area contributed by atoms with E-state index in [1.807, 2.05) is 41.5 Å². The van der Waals surface area contributed by atoms with E-state index < -0.39 is 41.1 Å². The highest BCUT2D eigenvalue weighted by Gasteiger charge is 2.26. The Labute approximate surface area is 530 Å². The number of para-hydroxylation sites is 2. The Bertz CT molecular complexity index is 3590. The fraction of sp³-hybridized carbons (Fsp3) is 0.375. The summed E-state index contributed by atoms with van der Waals surface area (Å²) in [5.74, 6) is -4.64. The average Bonchev–Trinajstić information content (AvgIpc) is 2.85. The molecule has 5 aromatic carbocycles. The Balaban J connectivity index is 0.000000320. The van der Waals surface area contributed by atoms with Gasteiger partial charge in [-0.2, -0.15) is 10.2 Å². The number of nitrogens with zero attached hydrogens (tertiary/aromatic N) is 5. The second-order valence-corrected chi connectivity index (χ2v) is 25.0. The van der Waals surface area contributed by atoms with Crippen molar-refractivity contribution in [2.24, 2.45) is 33.4 Å². The maximum absolute atomic E-state index is 14.1. The van der Waals surface area contributed by atoms with Crippen LogP contribution in [0.1, 0.15) is 113 Å². The van der Waals surface area contributed by atoms with Crippen molar-refractivity contribution in [2.45, 2.75) is 108 Å². The van der Waals surface area contributed by atoms with E-state index in [0.717, 1.165) is 12.8 Å². The number of ketones is 2. The molecule has 0 unspecified atom stereocenters. The number of carboxylic acids is 1. The zero-order valence-corrected chi connectivity index (χ0v) is 53.6. The van der Waals surface area contributed by atoms with Crippen LogP contribution in [0.3, 0.4) is 0 Å².